The first kappa shape index (κ1) is 14.5. The Labute approximate surface area is 122 Å². The number of nitrogens with zero attached hydrogens (tertiary/aromatic N) is 2. The fourth-order valence-electron chi connectivity index (χ4n) is 1.95. The first-order valence-corrected chi connectivity index (χ1v) is 6.56. The van der Waals surface area contributed by atoms with Gasteiger partial charge in [-0.05, 0) is 30.5 Å². The minimum atomic E-state index is -0.534. The van der Waals surface area contributed by atoms with Gasteiger partial charge < -0.3 is 4.74 Å². The predicted molar refractivity (Wildman–Crippen MR) is 78.1 cm³/mol. The van der Waals surface area contributed by atoms with Crippen LogP contribution in [0.4, 0.5) is 5.69 Å². The topological polar surface area (TPSA) is 76.2 Å². The molecule has 5 heteroatoms. The Hall–Kier alpha value is -2.87. The smallest absolute Gasteiger partial charge is 0.312 e. The molecule has 5 nitrogen and oxygen atoms in total. The van der Waals surface area contributed by atoms with Crippen molar-refractivity contribution in [2.45, 2.75) is 12.8 Å². The van der Waals surface area contributed by atoms with Gasteiger partial charge in [0.1, 0.15) is 0 Å². The van der Waals surface area contributed by atoms with E-state index in [1.165, 1.54) is 23.8 Å². The number of nitriles is 1. The van der Waals surface area contributed by atoms with Gasteiger partial charge in [0.25, 0.3) is 0 Å². The molecule has 0 bridgehead atoms. The summed E-state index contributed by atoms with van der Waals surface area (Å²) in [5, 5.41) is 19.7. The van der Waals surface area contributed by atoms with Crippen molar-refractivity contribution >= 4 is 5.69 Å². The maximum atomic E-state index is 11.0. The molecule has 0 saturated heterocycles. The third-order valence-corrected chi connectivity index (χ3v) is 2.99. The molecular formula is C16H14N2O3. The quantitative estimate of drug-likeness (QED) is 0.461. The van der Waals surface area contributed by atoms with Gasteiger partial charge in [0.2, 0.25) is 0 Å². The van der Waals surface area contributed by atoms with Crippen LogP contribution in [-0.4, -0.2) is 11.5 Å². The summed E-state index contributed by atoms with van der Waals surface area (Å²) in [7, 11) is 0. The second kappa shape index (κ2) is 7.06. The van der Waals surface area contributed by atoms with Crippen molar-refractivity contribution in [3.8, 4) is 11.8 Å². The van der Waals surface area contributed by atoms with Gasteiger partial charge in [0, 0.05) is 6.07 Å². The van der Waals surface area contributed by atoms with E-state index in [9.17, 15) is 10.1 Å². The van der Waals surface area contributed by atoms with Gasteiger partial charge in [-0.1, -0.05) is 30.3 Å². The van der Waals surface area contributed by atoms with Gasteiger partial charge in [0.05, 0.1) is 23.2 Å². The number of ether oxygens (including phenoxy) is 1. The second-order valence-corrected chi connectivity index (χ2v) is 4.49. The standard InChI is InChI=1S/C16H14N2O3/c17-12-14-8-9-16(15(11-14)18(19)20)21-10-4-7-13-5-2-1-3-6-13/h1-3,5-6,8-9,11H,4,7,10H2. The van der Waals surface area contributed by atoms with Gasteiger partial charge in [0.15, 0.2) is 5.75 Å². The first-order valence-electron chi connectivity index (χ1n) is 6.56. The summed E-state index contributed by atoms with van der Waals surface area (Å²) in [5.41, 5.74) is 1.28. The molecule has 0 aliphatic heterocycles. The normalized spacial score (nSPS) is 9.86. The lowest BCUT2D eigenvalue weighted by Crippen LogP contribution is -2.02. The Balaban J connectivity index is 1.94. The second-order valence-electron chi connectivity index (χ2n) is 4.49. The molecule has 0 fully saturated rings. The van der Waals surface area contributed by atoms with Crippen LogP contribution in [-0.2, 0) is 6.42 Å². The van der Waals surface area contributed by atoms with Crippen LogP contribution in [0, 0.1) is 21.4 Å². The SMILES string of the molecule is N#Cc1ccc(OCCCc2ccccc2)c([N+](=O)[O-])c1. The highest BCUT2D eigenvalue weighted by Gasteiger charge is 2.15. The zero-order valence-electron chi connectivity index (χ0n) is 11.4. The Bertz CT molecular complexity index is 663. The number of rotatable bonds is 6. The molecule has 0 aliphatic rings. The van der Waals surface area contributed by atoms with Crippen LogP contribution >= 0.6 is 0 Å². The number of nitro groups is 1. The molecule has 0 aromatic heterocycles. The van der Waals surface area contributed by atoms with Crippen LogP contribution in [0.5, 0.6) is 5.75 Å². The van der Waals surface area contributed by atoms with Gasteiger partial charge in [-0.25, -0.2) is 0 Å². The Morgan fingerprint density at radius 1 is 1.19 bits per heavy atom. The van der Waals surface area contributed by atoms with Gasteiger partial charge in [-0.2, -0.15) is 5.26 Å². The van der Waals surface area contributed by atoms with Gasteiger partial charge in [-0.3, -0.25) is 10.1 Å². The van der Waals surface area contributed by atoms with Crippen molar-refractivity contribution in [3.05, 3.63) is 69.8 Å². The van der Waals surface area contributed by atoms with Crippen LogP contribution in [0.25, 0.3) is 0 Å². The van der Waals surface area contributed by atoms with E-state index < -0.39 is 4.92 Å². The maximum Gasteiger partial charge on any atom is 0.312 e. The molecule has 0 heterocycles. The number of hydrogen-bond donors (Lipinski definition) is 0. The van der Waals surface area contributed by atoms with Crippen LogP contribution in [0.15, 0.2) is 48.5 Å². The number of aryl methyl sites for hydroxylation is 1. The molecule has 0 unspecified atom stereocenters. The summed E-state index contributed by atoms with van der Waals surface area (Å²) in [5.74, 6) is 0.201. The van der Waals surface area contributed by atoms with Crippen molar-refractivity contribution in [2.75, 3.05) is 6.61 Å². The molecule has 0 N–H and O–H groups in total. The van der Waals surface area contributed by atoms with E-state index in [1.54, 1.807) is 0 Å². The van der Waals surface area contributed by atoms with Crippen molar-refractivity contribution in [1.82, 2.24) is 0 Å². The largest absolute Gasteiger partial charge is 0.487 e. The van der Waals surface area contributed by atoms with Crippen LogP contribution < -0.4 is 4.74 Å². The summed E-state index contributed by atoms with van der Waals surface area (Å²) >= 11 is 0. The molecule has 0 amide bonds. The molecule has 21 heavy (non-hydrogen) atoms. The lowest BCUT2D eigenvalue weighted by molar-refractivity contribution is -0.385. The van der Waals surface area contributed by atoms with E-state index in [2.05, 4.69) is 0 Å². The third kappa shape index (κ3) is 4.05. The van der Waals surface area contributed by atoms with Crippen molar-refractivity contribution in [3.63, 3.8) is 0 Å². The Morgan fingerprint density at radius 3 is 2.62 bits per heavy atom. The van der Waals surface area contributed by atoms with E-state index in [1.807, 2.05) is 36.4 Å². The highest BCUT2D eigenvalue weighted by molar-refractivity contribution is 5.51. The summed E-state index contributed by atoms with van der Waals surface area (Å²) in [6.07, 6.45) is 1.62. The molecule has 2 aromatic rings. The summed E-state index contributed by atoms with van der Waals surface area (Å²) in [6, 6.07) is 16.1. The fourth-order valence-corrected chi connectivity index (χ4v) is 1.95. The van der Waals surface area contributed by atoms with E-state index in [-0.39, 0.29) is 17.0 Å². The van der Waals surface area contributed by atoms with E-state index in [0.717, 1.165) is 12.8 Å². The summed E-state index contributed by atoms with van der Waals surface area (Å²) in [4.78, 5) is 10.4. The molecule has 0 spiro atoms. The van der Waals surface area contributed by atoms with Gasteiger partial charge in [-0.15, -0.1) is 0 Å². The molecule has 106 valence electrons. The molecule has 0 radical (unpaired) electrons. The van der Waals surface area contributed by atoms with E-state index in [4.69, 9.17) is 10.00 Å². The highest BCUT2D eigenvalue weighted by atomic mass is 16.6. The predicted octanol–water partition coefficient (Wildman–Crippen LogP) is 3.48. The number of hydrogen-bond acceptors (Lipinski definition) is 4. The lowest BCUT2D eigenvalue weighted by atomic mass is 10.1. The first-order chi connectivity index (χ1) is 10.2. The minimum Gasteiger partial charge on any atom is -0.487 e. The summed E-state index contributed by atoms with van der Waals surface area (Å²) in [6.45, 7) is 0.391. The van der Waals surface area contributed by atoms with Crippen LogP contribution in [0.2, 0.25) is 0 Å². The monoisotopic (exact) mass is 282 g/mol. The Morgan fingerprint density at radius 2 is 1.95 bits per heavy atom. The Kier molecular flexibility index (Phi) is 4.89. The highest BCUT2D eigenvalue weighted by Crippen LogP contribution is 2.27. The zero-order chi connectivity index (χ0) is 15.1. The molecule has 2 rings (SSSR count). The summed E-state index contributed by atoms with van der Waals surface area (Å²) < 4.78 is 5.47. The van der Waals surface area contributed by atoms with Crippen molar-refractivity contribution < 1.29 is 9.66 Å². The molecule has 0 atom stereocenters. The number of benzene rings is 2. The van der Waals surface area contributed by atoms with Crippen molar-refractivity contribution in [1.29, 1.82) is 5.26 Å². The maximum absolute atomic E-state index is 11.0. The average Bonchev–Trinajstić information content (AvgIpc) is 2.52. The van der Waals surface area contributed by atoms with Crippen LogP contribution in [0.3, 0.4) is 0 Å². The minimum absolute atomic E-state index is 0.172. The molecular weight excluding hydrogens is 268 g/mol. The lowest BCUT2D eigenvalue weighted by Gasteiger charge is -2.07. The molecule has 0 aliphatic carbocycles. The fraction of sp³-hybridized carbons (Fsp3) is 0.188. The van der Waals surface area contributed by atoms with E-state index >= 15 is 0 Å². The van der Waals surface area contributed by atoms with Crippen molar-refractivity contribution in [2.24, 2.45) is 0 Å². The van der Waals surface area contributed by atoms with Gasteiger partial charge >= 0.3 is 5.69 Å². The average molecular weight is 282 g/mol. The number of nitro benzene ring substituents is 1. The molecule has 0 saturated carbocycles. The molecule has 2 aromatic carbocycles. The van der Waals surface area contributed by atoms with E-state index in [0.29, 0.717) is 6.61 Å². The zero-order valence-corrected chi connectivity index (χ0v) is 11.4. The third-order valence-electron chi connectivity index (χ3n) is 2.99. The van der Waals surface area contributed by atoms with Crippen LogP contribution in [0.1, 0.15) is 17.5 Å².